The van der Waals surface area contributed by atoms with E-state index in [2.05, 4.69) is 4.98 Å². The first-order chi connectivity index (χ1) is 14.6. The highest BCUT2D eigenvalue weighted by atomic mass is 16.5. The summed E-state index contributed by atoms with van der Waals surface area (Å²) in [7, 11) is 1.64. The molecule has 3 aliphatic rings. The lowest BCUT2D eigenvalue weighted by atomic mass is 9.81. The number of carbonyl (C=O) groups excluding carboxylic acids is 2. The van der Waals surface area contributed by atoms with Gasteiger partial charge in [0.1, 0.15) is 0 Å². The number of aromatic nitrogens is 1. The maximum absolute atomic E-state index is 13.5. The van der Waals surface area contributed by atoms with E-state index in [1.54, 1.807) is 13.3 Å². The molecule has 5 rings (SSSR count). The van der Waals surface area contributed by atoms with Crippen LogP contribution in [0.5, 0.6) is 0 Å². The molecule has 2 amide bonds. The summed E-state index contributed by atoms with van der Waals surface area (Å²) in [5, 5.41) is 0. The number of pyridine rings is 1. The second kappa shape index (κ2) is 7.51. The minimum absolute atomic E-state index is 0.0200. The Kier molecular flexibility index (Phi) is 4.82. The fourth-order valence-corrected chi connectivity index (χ4v) is 5.27. The van der Waals surface area contributed by atoms with Gasteiger partial charge in [-0.2, -0.15) is 0 Å². The van der Waals surface area contributed by atoms with E-state index in [1.807, 2.05) is 40.1 Å². The van der Waals surface area contributed by atoms with Crippen LogP contribution < -0.4 is 4.90 Å². The van der Waals surface area contributed by atoms with Crippen molar-refractivity contribution in [2.75, 3.05) is 38.3 Å². The van der Waals surface area contributed by atoms with Gasteiger partial charge in [0, 0.05) is 44.3 Å². The molecular formula is C24H27N3O3. The van der Waals surface area contributed by atoms with Crippen LogP contribution in [0.3, 0.4) is 0 Å². The Balaban J connectivity index is 1.42. The van der Waals surface area contributed by atoms with Gasteiger partial charge in [-0.1, -0.05) is 18.2 Å². The van der Waals surface area contributed by atoms with E-state index in [0.29, 0.717) is 38.2 Å². The van der Waals surface area contributed by atoms with Crippen LogP contribution in [0.2, 0.25) is 0 Å². The predicted octanol–water partition coefficient (Wildman–Crippen LogP) is 2.74. The van der Waals surface area contributed by atoms with Gasteiger partial charge in [0.05, 0.1) is 17.6 Å². The Bertz CT molecular complexity index is 1000. The molecule has 1 saturated heterocycles. The molecule has 156 valence electrons. The smallest absolute Gasteiger partial charge is 0.255 e. The predicted molar refractivity (Wildman–Crippen MR) is 114 cm³/mol. The average Bonchev–Trinajstić information content (AvgIpc) is 3.33. The number of benzene rings is 1. The lowest BCUT2D eigenvalue weighted by molar-refractivity contribution is -0.122. The first kappa shape index (κ1) is 19.2. The van der Waals surface area contributed by atoms with E-state index in [9.17, 15) is 9.59 Å². The third-order valence-corrected chi connectivity index (χ3v) is 6.86. The van der Waals surface area contributed by atoms with E-state index in [0.717, 1.165) is 36.2 Å². The van der Waals surface area contributed by atoms with E-state index < -0.39 is 5.41 Å². The minimum atomic E-state index is -0.651. The SMILES string of the molecule is COCCN1C(=O)C2(CCN(C(=O)c3cnc4c(c3)CCCC4)C2)c2ccccc21. The van der Waals surface area contributed by atoms with Crippen LogP contribution in [0, 0.1) is 0 Å². The zero-order valence-corrected chi connectivity index (χ0v) is 17.4. The molecule has 1 aromatic heterocycles. The quantitative estimate of drug-likeness (QED) is 0.785. The number of hydrogen-bond acceptors (Lipinski definition) is 4. The van der Waals surface area contributed by atoms with Crippen molar-refractivity contribution in [2.24, 2.45) is 0 Å². The maximum atomic E-state index is 13.5. The van der Waals surface area contributed by atoms with Gasteiger partial charge >= 0.3 is 0 Å². The number of methoxy groups -OCH3 is 1. The summed E-state index contributed by atoms with van der Waals surface area (Å²) in [6, 6.07) is 9.99. The number of nitrogens with zero attached hydrogens (tertiary/aromatic N) is 3. The molecule has 6 nitrogen and oxygen atoms in total. The highest BCUT2D eigenvalue weighted by Gasteiger charge is 2.54. The van der Waals surface area contributed by atoms with Crippen molar-refractivity contribution in [3.8, 4) is 0 Å². The van der Waals surface area contributed by atoms with E-state index >= 15 is 0 Å². The molecule has 30 heavy (non-hydrogen) atoms. The van der Waals surface area contributed by atoms with Crippen molar-refractivity contribution in [3.05, 3.63) is 58.9 Å². The molecule has 6 heteroatoms. The molecule has 0 bridgehead atoms. The zero-order valence-electron chi connectivity index (χ0n) is 17.4. The molecule has 1 fully saturated rings. The molecular weight excluding hydrogens is 378 g/mol. The maximum Gasteiger partial charge on any atom is 0.255 e. The van der Waals surface area contributed by atoms with Crippen LogP contribution in [-0.2, 0) is 27.8 Å². The van der Waals surface area contributed by atoms with Gasteiger partial charge in [-0.15, -0.1) is 0 Å². The first-order valence-corrected chi connectivity index (χ1v) is 10.8. The number of hydrogen-bond donors (Lipinski definition) is 0. The summed E-state index contributed by atoms with van der Waals surface area (Å²) >= 11 is 0. The van der Waals surface area contributed by atoms with Gasteiger partial charge in [0.15, 0.2) is 0 Å². The molecule has 0 saturated carbocycles. The summed E-state index contributed by atoms with van der Waals surface area (Å²) in [5.74, 6) is 0.0630. The standard InChI is InChI=1S/C24H27N3O3/c1-30-13-12-27-21-9-5-3-7-19(21)24(23(27)29)10-11-26(16-24)22(28)18-14-17-6-2-4-8-20(17)25-15-18/h3,5,7,9,14-15H,2,4,6,8,10-13,16H2,1H3. The molecule has 1 aliphatic carbocycles. The van der Waals surface area contributed by atoms with Crippen LogP contribution in [0.4, 0.5) is 5.69 Å². The number of fused-ring (bicyclic) bond motifs is 3. The monoisotopic (exact) mass is 405 g/mol. The number of carbonyl (C=O) groups is 2. The van der Waals surface area contributed by atoms with E-state index in [-0.39, 0.29) is 11.8 Å². The second-order valence-electron chi connectivity index (χ2n) is 8.56. The highest BCUT2D eigenvalue weighted by molar-refractivity contribution is 6.09. The number of anilines is 1. The van der Waals surface area contributed by atoms with Gasteiger partial charge in [-0.3, -0.25) is 14.6 Å². The van der Waals surface area contributed by atoms with Crippen molar-refractivity contribution in [1.29, 1.82) is 0 Å². The lowest BCUT2D eigenvalue weighted by Gasteiger charge is -2.25. The van der Waals surface area contributed by atoms with Crippen LogP contribution in [0.1, 0.15) is 46.4 Å². The molecule has 1 aromatic carbocycles. The second-order valence-corrected chi connectivity index (χ2v) is 8.56. The third kappa shape index (κ3) is 2.93. The number of para-hydroxylation sites is 1. The van der Waals surface area contributed by atoms with Crippen molar-refractivity contribution in [3.63, 3.8) is 0 Å². The lowest BCUT2D eigenvalue weighted by Crippen LogP contribution is -2.44. The van der Waals surface area contributed by atoms with Crippen LogP contribution in [-0.4, -0.2) is 55.0 Å². The molecule has 1 atom stereocenters. The van der Waals surface area contributed by atoms with Crippen molar-refractivity contribution in [2.45, 2.75) is 37.5 Å². The zero-order chi connectivity index (χ0) is 20.7. The van der Waals surface area contributed by atoms with Crippen LogP contribution in [0.15, 0.2) is 36.5 Å². The van der Waals surface area contributed by atoms with Crippen LogP contribution >= 0.6 is 0 Å². The first-order valence-electron chi connectivity index (χ1n) is 10.8. The third-order valence-electron chi connectivity index (χ3n) is 6.86. The summed E-state index contributed by atoms with van der Waals surface area (Å²) in [4.78, 5) is 35.0. The molecule has 2 aliphatic heterocycles. The fourth-order valence-electron chi connectivity index (χ4n) is 5.27. The molecule has 0 N–H and O–H groups in total. The largest absolute Gasteiger partial charge is 0.383 e. The Labute approximate surface area is 176 Å². The van der Waals surface area contributed by atoms with Crippen molar-refractivity contribution >= 4 is 17.5 Å². The van der Waals surface area contributed by atoms with Crippen molar-refractivity contribution < 1.29 is 14.3 Å². The number of amides is 2. The Morgan fingerprint density at radius 2 is 2.07 bits per heavy atom. The number of rotatable bonds is 4. The minimum Gasteiger partial charge on any atom is -0.383 e. The van der Waals surface area contributed by atoms with Gasteiger partial charge in [-0.25, -0.2) is 0 Å². The molecule has 2 aromatic rings. The van der Waals surface area contributed by atoms with Crippen molar-refractivity contribution in [1.82, 2.24) is 9.88 Å². The summed E-state index contributed by atoms with van der Waals surface area (Å²) in [6.45, 7) is 2.01. The van der Waals surface area contributed by atoms with Gasteiger partial charge < -0.3 is 14.5 Å². The molecule has 1 unspecified atom stereocenters. The van der Waals surface area contributed by atoms with Gasteiger partial charge in [-0.05, 0) is 55.4 Å². The Hall–Kier alpha value is -2.73. The number of aryl methyl sites for hydroxylation is 2. The Morgan fingerprint density at radius 1 is 1.23 bits per heavy atom. The Morgan fingerprint density at radius 3 is 2.93 bits per heavy atom. The molecule has 3 heterocycles. The topological polar surface area (TPSA) is 62.7 Å². The molecule has 1 spiro atoms. The highest BCUT2D eigenvalue weighted by Crippen LogP contribution is 2.47. The number of likely N-dealkylation sites (tertiary alicyclic amines) is 1. The molecule has 0 radical (unpaired) electrons. The average molecular weight is 405 g/mol. The van der Waals surface area contributed by atoms with E-state index in [1.165, 1.54) is 12.0 Å². The summed E-state index contributed by atoms with van der Waals surface area (Å²) < 4.78 is 5.22. The van der Waals surface area contributed by atoms with Gasteiger partial charge in [0.25, 0.3) is 5.91 Å². The van der Waals surface area contributed by atoms with Gasteiger partial charge in [0.2, 0.25) is 5.91 Å². The van der Waals surface area contributed by atoms with Crippen LogP contribution in [0.25, 0.3) is 0 Å². The fraction of sp³-hybridized carbons (Fsp3) is 0.458. The summed E-state index contributed by atoms with van der Waals surface area (Å²) in [5.41, 5.74) is 4.30. The van der Waals surface area contributed by atoms with E-state index in [4.69, 9.17) is 4.74 Å². The summed E-state index contributed by atoms with van der Waals surface area (Å²) in [6.07, 6.45) is 6.68. The number of ether oxygens (including phenoxy) is 1. The normalized spacial score (nSPS) is 22.5.